The highest BCUT2D eigenvalue weighted by Gasteiger charge is 2.33. The lowest BCUT2D eigenvalue weighted by Gasteiger charge is -2.36. The summed E-state index contributed by atoms with van der Waals surface area (Å²) in [5, 5.41) is 5.86. The van der Waals surface area contributed by atoms with Crippen LogP contribution < -0.4 is 20.4 Å². The van der Waals surface area contributed by atoms with Gasteiger partial charge in [0.05, 0.1) is 35.2 Å². The number of benzene rings is 2. The monoisotopic (exact) mass is 489 g/mol. The molecule has 2 saturated heterocycles. The summed E-state index contributed by atoms with van der Waals surface area (Å²) in [4.78, 5) is 40.7. The molecule has 2 aliphatic heterocycles. The molecule has 9 nitrogen and oxygen atoms in total. The molecule has 0 saturated carbocycles. The van der Waals surface area contributed by atoms with Crippen molar-refractivity contribution in [3.05, 3.63) is 53.3 Å². The van der Waals surface area contributed by atoms with Gasteiger partial charge in [-0.25, -0.2) is 14.0 Å². The largest absolute Gasteiger partial charge is 0.442 e. The van der Waals surface area contributed by atoms with Crippen molar-refractivity contribution in [2.45, 2.75) is 13.0 Å². The van der Waals surface area contributed by atoms with E-state index in [1.807, 2.05) is 4.90 Å². The average Bonchev–Trinajstić information content (AvgIpc) is 3.20. The number of anilines is 3. The molecule has 4 amide bonds. The van der Waals surface area contributed by atoms with E-state index in [0.717, 1.165) is 0 Å². The highest BCUT2D eigenvalue weighted by Crippen LogP contribution is 2.29. The van der Waals surface area contributed by atoms with Crippen LogP contribution in [0.25, 0.3) is 0 Å². The minimum absolute atomic E-state index is 0.201. The van der Waals surface area contributed by atoms with Crippen molar-refractivity contribution in [3.8, 4) is 0 Å². The number of piperazine rings is 1. The number of nitrogens with one attached hydrogen (secondary N) is 2. The maximum Gasteiger partial charge on any atom is 0.414 e. The lowest BCUT2D eigenvalue weighted by atomic mass is 10.2. The predicted molar refractivity (Wildman–Crippen MR) is 127 cm³/mol. The van der Waals surface area contributed by atoms with Gasteiger partial charge in [0.15, 0.2) is 0 Å². The van der Waals surface area contributed by atoms with Crippen LogP contribution in [0.5, 0.6) is 0 Å². The van der Waals surface area contributed by atoms with Crippen molar-refractivity contribution < 1.29 is 23.5 Å². The van der Waals surface area contributed by atoms with Gasteiger partial charge >= 0.3 is 12.1 Å². The number of hydrogen-bond donors (Lipinski definition) is 2. The minimum atomic E-state index is -0.583. The van der Waals surface area contributed by atoms with Gasteiger partial charge in [-0.2, -0.15) is 0 Å². The summed E-state index contributed by atoms with van der Waals surface area (Å²) in [5.74, 6) is -0.684. The van der Waals surface area contributed by atoms with E-state index in [1.54, 1.807) is 41.3 Å². The van der Waals surface area contributed by atoms with E-state index >= 15 is 0 Å². The molecule has 2 fully saturated rings. The van der Waals surface area contributed by atoms with Gasteiger partial charge in [0.2, 0.25) is 5.91 Å². The molecule has 4 rings (SSSR count). The average molecular weight is 490 g/mol. The molecule has 0 aromatic heterocycles. The van der Waals surface area contributed by atoms with E-state index in [4.69, 9.17) is 16.3 Å². The molecule has 34 heavy (non-hydrogen) atoms. The van der Waals surface area contributed by atoms with Crippen LogP contribution in [-0.2, 0) is 9.53 Å². The Morgan fingerprint density at radius 3 is 2.56 bits per heavy atom. The third-order valence-electron chi connectivity index (χ3n) is 5.72. The number of cyclic esters (lactones) is 1. The van der Waals surface area contributed by atoms with Gasteiger partial charge in [-0.1, -0.05) is 23.7 Å². The van der Waals surface area contributed by atoms with Crippen LogP contribution in [0.2, 0.25) is 5.02 Å². The first kappa shape index (κ1) is 23.6. The van der Waals surface area contributed by atoms with E-state index in [1.165, 1.54) is 17.9 Å². The first-order valence-corrected chi connectivity index (χ1v) is 11.3. The molecule has 2 aromatic rings. The highest BCUT2D eigenvalue weighted by atomic mass is 35.5. The standard InChI is InChI=1S/C23H25ClFN5O4/c1-15(31)26-13-17-14-30(23(33)34-17)16-6-7-21(19(25)12-16)28-8-10-29(11-9-28)22(32)27-20-5-3-2-4-18(20)24/h2-7,12,17H,8-11,13-14H2,1H3,(H,26,31)(H,27,32)/t17-/m0/s1. The summed E-state index contributed by atoms with van der Waals surface area (Å²) < 4.78 is 20.2. The number of ether oxygens (including phenoxy) is 1. The summed E-state index contributed by atoms with van der Waals surface area (Å²) in [5.41, 5.74) is 1.32. The minimum Gasteiger partial charge on any atom is -0.442 e. The summed E-state index contributed by atoms with van der Waals surface area (Å²) in [6, 6.07) is 11.3. The van der Waals surface area contributed by atoms with E-state index in [-0.39, 0.29) is 25.0 Å². The number of nitrogens with zero attached hydrogens (tertiary/aromatic N) is 3. The second-order valence-corrected chi connectivity index (χ2v) is 8.48. The Kier molecular flexibility index (Phi) is 7.06. The zero-order valence-electron chi connectivity index (χ0n) is 18.6. The number of rotatable bonds is 5. The molecule has 180 valence electrons. The molecule has 1 atom stereocenters. The Morgan fingerprint density at radius 1 is 1.15 bits per heavy atom. The molecule has 0 radical (unpaired) electrons. The molecule has 2 aliphatic rings. The van der Waals surface area contributed by atoms with Crippen LogP contribution in [0.4, 0.5) is 31.0 Å². The zero-order valence-corrected chi connectivity index (χ0v) is 19.3. The smallest absolute Gasteiger partial charge is 0.414 e. The molecular formula is C23H25ClFN5O4. The number of urea groups is 1. The van der Waals surface area contributed by atoms with Gasteiger partial charge in [-0.15, -0.1) is 0 Å². The Hall–Kier alpha value is -3.53. The molecule has 2 heterocycles. The van der Waals surface area contributed by atoms with Crippen molar-refractivity contribution in [1.29, 1.82) is 0 Å². The second kappa shape index (κ2) is 10.2. The number of carbonyl (C=O) groups excluding carboxylic acids is 3. The topological polar surface area (TPSA) is 94.2 Å². The molecule has 2 N–H and O–H groups in total. The summed E-state index contributed by atoms with van der Waals surface area (Å²) in [7, 11) is 0. The maximum absolute atomic E-state index is 15.0. The van der Waals surface area contributed by atoms with E-state index in [0.29, 0.717) is 48.3 Å². The Balaban J connectivity index is 1.34. The van der Waals surface area contributed by atoms with Gasteiger partial charge in [-0.05, 0) is 30.3 Å². The van der Waals surface area contributed by atoms with Crippen molar-refractivity contribution in [2.75, 3.05) is 54.4 Å². The fraction of sp³-hybridized carbons (Fsp3) is 0.348. The fourth-order valence-electron chi connectivity index (χ4n) is 3.92. The lowest BCUT2D eigenvalue weighted by molar-refractivity contribution is -0.119. The zero-order chi connectivity index (χ0) is 24.2. The van der Waals surface area contributed by atoms with Crippen LogP contribution in [0.15, 0.2) is 42.5 Å². The molecule has 11 heteroatoms. The Labute approximate surface area is 201 Å². The first-order valence-electron chi connectivity index (χ1n) is 10.9. The molecule has 0 unspecified atom stereocenters. The molecular weight excluding hydrogens is 465 g/mol. The van der Waals surface area contributed by atoms with Crippen molar-refractivity contribution in [2.24, 2.45) is 0 Å². The van der Waals surface area contributed by atoms with Gasteiger partial charge in [-0.3, -0.25) is 9.69 Å². The molecule has 0 spiro atoms. The van der Waals surface area contributed by atoms with Crippen molar-refractivity contribution in [1.82, 2.24) is 10.2 Å². The molecule has 2 aromatic carbocycles. The molecule has 0 aliphatic carbocycles. The van der Waals surface area contributed by atoms with Crippen LogP contribution in [-0.4, -0.2) is 68.3 Å². The summed E-state index contributed by atoms with van der Waals surface area (Å²) in [6.45, 7) is 3.55. The van der Waals surface area contributed by atoms with Gasteiger partial charge in [0.1, 0.15) is 11.9 Å². The van der Waals surface area contributed by atoms with E-state index in [2.05, 4.69) is 10.6 Å². The van der Waals surface area contributed by atoms with Gasteiger partial charge < -0.3 is 25.2 Å². The lowest BCUT2D eigenvalue weighted by Crippen LogP contribution is -2.50. The number of halogens is 2. The second-order valence-electron chi connectivity index (χ2n) is 8.07. The van der Waals surface area contributed by atoms with Gasteiger partial charge in [0.25, 0.3) is 0 Å². The summed E-state index contributed by atoms with van der Waals surface area (Å²) >= 11 is 6.10. The number of amides is 4. The Bertz CT molecular complexity index is 1090. The number of hydrogen-bond acceptors (Lipinski definition) is 5. The van der Waals surface area contributed by atoms with Crippen LogP contribution >= 0.6 is 11.6 Å². The van der Waals surface area contributed by atoms with E-state index < -0.39 is 18.0 Å². The van der Waals surface area contributed by atoms with Crippen LogP contribution in [0.1, 0.15) is 6.92 Å². The third kappa shape index (κ3) is 5.33. The normalized spacial score (nSPS) is 18.0. The summed E-state index contributed by atoms with van der Waals surface area (Å²) in [6.07, 6.45) is -1.08. The van der Waals surface area contributed by atoms with Crippen molar-refractivity contribution >= 4 is 46.7 Å². The molecule has 0 bridgehead atoms. The van der Waals surface area contributed by atoms with Crippen molar-refractivity contribution in [3.63, 3.8) is 0 Å². The fourth-order valence-corrected chi connectivity index (χ4v) is 4.11. The highest BCUT2D eigenvalue weighted by molar-refractivity contribution is 6.33. The quantitative estimate of drug-likeness (QED) is 0.672. The predicted octanol–water partition coefficient (Wildman–Crippen LogP) is 3.29. The number of para-hydroxylation sites is 1. The number of carbonyl (C=O) groups is 3. The van der Waals surface area contributed by atoms with Crippen LogP contribution in [0, 0.1) is 5.82 Å². The third-order valence-corrected chi connectivity index (χ3v) is 6.05. The SMILES string of the molecule is CC(=O)NC[C@H]1CN(c2ccc(N3CCN(C(=O)Nc4ccccc4Cl)CC3)c(F)c2)C(=O)O1. The van der Waals surface area contributed by atoms with Gasteiger partial charge in [0, 0.05) is 33.1 Å². The van der Waals surface area contributed by atoms with Crippen LogP contribution in [0.3, 0.4) is 0 Å². The van der Waals surface area contributed by atoms with E-state index in [9.17, 15) is 18.8 Å². The maximum atomic E-state index is 15.0. The Morgan fingerprint density at radius 2 is 1.88 bits per heavy atom. The first-order chi connectivity index (χ1) is 16.3.